The summed E-state index contributed by atoms with van der Waals surface area (Å²) >= 11 is 2.36. The Morgan fingerprint density at radius 3 is 2.76 bits per heavy atom. The van der Waals surface area contributed by atoms with E-state index >= 15 is 0 Å². The molecular formula is C18H23IN2. The molecule has 1 unspecified atom stereocenters. The number of rotatable bonds is 4. The molecule has 0 bridgehead atoms. The molecule has 3 heteroatoms. The molecule has 0 amide bonds. The van der Waals surface area contributed by atoms with E-state index in [1.54, 1.807) is 5.56 Å². The summed E-state index contributed by atoms with van der Waals surface area (Å²) in [5.74, 6) is 0. The molecule has 1 aromatic carbocycles. The Labute approximate surface area is 141 Å². The highest BCUT2D eigenvalue weighted by Crippen LogP contribution is 2.29. The number of aryl methyl sites for hydroxylation is 1. The van der Waals surface area contributed by atoms with Gasteiger partial charge in [0.15, 0.2) is 0 Å². The fourth-order valence-corrected chi connectivity index (χ4v) is 3.63. The Morgan fingerprint density at radius 1 is 1.19 bits per heavy atom. The summed E-state index contributed by atoms with van der Waals surface area (Å²) in [7, 11) is 0. The summed E-state index contributed by atoms with van der Waals surface area (Å²) < 4.78 is 3.66. The lowest BCUT2D eigenvalue weighted by atomic mass is 10.0. The number of nitrogens with zero attached hydrogens (tertiary/aromatic N) is 1. The molecule has 3 rings (SSSR count). The zero-order chi connectivity index (χ0) is 14.7. The van der Waals surface area contributed by atoms with Gasteiger partial charge in [-0.25, -0.2) is 0 Å². The number of benzene rings is 1. The zero-order valence-corrected chi connectivity index (χ0v) is 14.8. The second-order valence-corrected chi connectivity index (χ2v) is 7.14. The van der Waals surface area contributed by atoms with Gasteiger partial charge in [-0.2, -0.15) is 0 Å². The number of nitrogens with one attached hydrogen (secondary N) is 1. The van der Waals surface area contributed by atoms with Gasteiger partial charge in [-0.3, -0.25) is 0 Å². The van der Waals surface area contributed by atoms with Crippen LogP contribution in [0.1, 0.15) is 48.9 Å². The molecule has 1 N–H and O–H groups in total. The van der Waals surface area contributed by atoms with Crippen LogP contribution in [0.5, 0.6) is 0 Å². The lowest BCUT2D eigenvalue weighted by Gasteiger charge is -2.15. The highest BCUT2D eigenvalue weighted by Gasteiger charge is 2.19. The normalized spacial score (nSPS) is 18.3. The third-order valence-electron chi connectivity index (χ3n) is 4.29. The fraction of sp³-hybridized carbons (Fsp3) is 0.444. The molecule has 0 saturated heterocycles. The van der Waals surface area contributed by atoms with Crippen molar-refractivity contribution in [2.45, 2.75) is 45.2 Å². The van der Waals surface area contributed by atoms with Gasteiger partial charge >= 0.3 is 0 Å². The van der Waals surface area contributed by atoms with Crippen molar-refractivity contribution in [2.24, 2.45) is 0 Å². The fourth-order valence-electron chi connectivity index (χ4n) is 3.27. The van der Waals surface area contributed by atoms with Crippen LogP contribution in [0.2, 0.25) is 0 Å². The first-order valence-corrected chi connectivity index (χ1v) is 9.00. The van der Waals surface area contributed by atoms with Crippen molar-refractivity contribution >= 4 is 22.6 Å². The van der Waals surface area contributed by atoms with Gasteiger partial charge < -0.3 is 9.88 Å². The van der Waals surface area contributed by atoms with Crippen molar-refractivity contribution in [1.29, 1.82) is 0 Å². The lowest BCUT2D eigenvalue weighted by Crippen LogP contribution is -2.20. The molecule has 1 heterocycles. The third kappa shape index (κ3) is 3.69. The van der Waals surface area contributed by atoms with E-state index in [-0.39, 0.29) is 0 Å². The summed E-state index contributed by atoms with van der Waals surface area (Å²) in [6.07, 6.45) is 9.89. The Morgan fingerprint density at radius 2 is 2.00 bits per heavy atom. The number of hydrogen-bond acceptors (Lipinski definition) is 1. The molecule has 21 heavy (non-hydrogen) atoms. The largest absolute Gasteiger partial charge is 0.349 e. The molecule has 2 nitrogen and oxygen atoms in total. The van der Waals surface area contributed by atoms with Gasteiger partial charge in [-0.15, -0.1) is 0 Å². The van der Waals surface area contributed by atoms with E-state index in [2.05, 4.69) is 76.1 Å². The molecule has 2 aromatic rings. The standard InChI is InChI=1S/C18H23IN2/c1-2-20-18-6-4-3-5-15-12-21(13-17(15)18)11-14-7-9-16(19)10-8-14/h7-10,12-13,18,20H,2-6,11H2,1H3. The van der Waals surface area contributed by atoms with Crippen LogP contribution in [0.4, 0.5) is 0 Å². The molecule has 1 aliphatic carbocycles. The quantitative estimate of drug-likeness (QED) is 0.596. The minimum atomic E-state index is 0.547. The van der Waals surface area contributed by atoms with Crippen molar-refractivity contribution in [3.63, 3.8) is 0 Å². The number of hydrogen-bond donors (Lipinski definition) is 1. The Hall–Kier alpha value is -0.810. The van der Waals surface area contributed by atoms with E-state index in [0.717, 1.165) is 13.1 Å². The monoisotopic (exact) mass is 394 g/mol. The summed E-state index contributed by atoms with van der Waals surface area (Å²) in [5.41, 5.74) is 4.45. The smallest absolute Gasteiger partial charge is 0.0470 e. The minimum absolute atomic E-state index is 0.547. The van der Waals surface area contributed by atoms with Crippen LogP contribution in [0.25, 0.3) is 0 Å². The molecule has 0 spiro atoms. The number of aromatic nitrogens is 1. The van der Waals surface area contributed by atoms with Crippen LogP contribution >= 0.6 is 22.6 Å². The van der Waals surface area contributed by atoms with Crippen LogP contribution in [0.15, 0.2) is 36.7 Å². The summed E-state index contributed by atoms with van der Waals surface area (Å²) in [4.78, 5) is 0. The Bertz CT molecular complexity index is 586. The van der Waals surface area contributed by atoms with E-state index < -0.39 is 0 Å². The second-order valence-electron chi connectivity index (χ2n) is 5.89. The molecule has 1 aliphatic rings. The molecule has 0 aliphatic heterocycles. The first-order chi connectivity index (χ1) is 10.3. The van der Waals surface area contributed by atoms with Crippen LogP contribution in [-0.4, -0.2) is 11.1 Å². The maximum absolute atomic E-state index is 3.65. The maximum atomic E-state index is 3.65. The Kier molecular flexibility index (Phi) is 5.01. The van der Waals surface area contributed by atoms with Crippen LogP contribution in [0, 0.1) is 3.57 Å². The van der Waals surface area contributed by atoms with Crippen molar-refractivity contribution in [3.8, 4) is 0 Å². The van der Waals surface area contributed by atoms with E-state index in [1.807, 2.05) is 0 Å². The summed E-state index contributed by atoms with van der Waals surface area (Å²) in [6.45, 7) is 4.22. The highest BCUT2D eigenvalue weighted by atomic mass is 127. The molecule has 1 atom stereocenters. The minimum Gasteiger partial charge on any atom is -0.349 e. The molecule has 0 fully saturated rings. The van der Waals surface area contributed by atoms with Crippen molar-refractivity contribution in [1.82, 2.24) is 9.88 Å². The maximum Gasteiger partial charge on any atom is 0.0470 e. The van der Waals surface area contributed by atoms with Crippen molar-refractivity contribution in [3.05, 3.63) is 56.9 Å². The van der Waals surface area contributed by atoms with Gasteiger partial charge in [0, 0.05) is 28.6 Å². The average Bonchev–Trinajstić information content (AvgIpc) is 2.79. The number of halogens is 1. The predicted molar refractivity (Wildman–Crippen MR) is 96.7 cm³/mol. The highest BCUT2D eigenvalue weighted by molar-refractivity contribution is 14.1. The Balaban J connectivity index is 1.81. The zero-order valence-electron chi connectivity index (χ0n) is 12.6. The summed E-state index contributed by atoms with van der Waals surface area (Å²) in [6, 6.07) is 9.38. The second kappa shape index (κ2) is 6.97. The van der Waals surface area contributed by atoms with Gasteiger partial charge in [0.1, 0.15) is 0 Å². The first kappa shape index (κ1) is 15.1. The van der Waals surface area contributed by atoms with Crippen molar-refractivity contribution in [2.75, 3.05) is 6.54 Å². The van der Waals surface area contributed by atoms with E-state index in [1.165, 1.54) is 40.4 Å². The lowest BCUT2D eigenvalue weighted by molar-refractivity contribution is 0.502. The van der Waals surface area contributed by atoms with Gasteiger partial charge in [-0.1, -0.05) is 25.5 Å². The van der Waals surface area contributed by atoms with E-state index in [4.69, 9.17) is 0 Å². The van der Waals surface area contributed by atoms with Crippen LogP contribution in [0.3, 0.4) is 0 Å². The summed E-state index contributed by atoms with van der Waals surface area (Å²) in [5, 5.41) is 3.65. The topological polar surface area (TPSA) is 17.0 Å². The van der Waals surface area contributed by atoms with Gasteiger partial charge in [0.05, 0.1) is 0 Å². The predicted octanol–water partition coefficient (Wildman–Crippen LogP) is 4.52. The molecule has 0 radical (unpaired) electrons. The SMILES string of the molecule is CCNC1CCCCc2cn(Cc3ccc(I)cc3)cc21. The molecular weight excluding hydrogens is 371 g/mol. The third-order valence-corrected chi connectivity index (χ3v) is 5.01. The van der Waals surface area contributed by atoms with E-state index in [0.29, 0.717) is 6.04 Å². The number of fused-ring (bicyclic) bond motifs is 1. The van der Waals surface area contributed by atoms with Gasteiger partial charge in [0.2, 0.25) is 0 Å². The van der Waals surface area contributed by atoms with Gasteiger partial charge in [0.25, 0.3) is 0 Å². The van der Waals surface area contributed by atoms with Crippen LogP contribution in [-0.2, 0) is 13.0 Å². The van der Waals surface area contributed by atoms with E-state index in [9.17, 15) is 0 Å². The van der Waals surface area contributed by atoms with Gasteiger partial charge in [-0.05, 0) is 77.2 Å². The molecule has 112 valence electrons. The molecule has 1 aromatic heterocycles. The average molecular weight is 394 g/mol. The van der Waals surface area contributed by atoms with Crippen LogP contribution < -0.4 is 5.32 Å². The molecule has 0 saturated carbocycles. The first-order valence-electron chi connectivity index (χ1n) is 7.92. The van der Waals surface area contributed by atoms with Crippen molar-refractivity contribution < 1.29 is 0 Å².